The fraction of sp³-hybridized carbons (Fsp3) is 0.0455. The molecule has 0 saturated carbocycles. The lowest BCUT2D eigenvalue weighted by Gasteiger charge is -2.08. The molecule has 0 radical (unpaired) electrons. The molecule has 0 atom stereocenters. The highest BCUT2D eigenvalue weighted by Gasteiger charge is 2.09. The van der Waals surface area contributed by atoms with Crippen molar-refractivity contribution >= 4 is 40.6 Å². The quantitative estimate of drug-likeness (QED) is 0.301. The van der Waals surface area contributed by atoms with E-state index in [2.05, 4.69) is 10.5 Å². The van der Waals surface area contributed by atoms with E-state index in [0.29, 0.717) is 16.3 Å². The molecule has 3 aromatic rings. The number of benzene rings is 3. The predicted molar refractivity (Wildman–Crippen MR) is 111 cm³/mol. The third-order valence-electron chi connectivity index (χ3n) is 4.06. The molecule has 3 aromatic carbocycles. The zero-order chi connectivity index (χ0) is 19.9. The van der Waals surface area contributed by atoms with Crippen molar-refractivity contribution in [3.05, 3.63) is 82.4 Å². The molecular weight excluding hydrogens is 374 g/mol. The minimum Gasteiger partial charge on any atom is -0.496 e. The summed E-state index contributed by atoms with van der Waals surface area (Å²) in [6, 6.07) is 20.3. The van der Waals surface area contributed by atoms with Crippen LogP contribution in [-0.4, -0.2) is 19.2 Å². The first-order chi connectivity index (χ1) is 13.6. The number of ether oxygens (including phenoxy) is 1. The lowest BCUT2D eigenvalue weighted by Crippen LogP contribution is -2.19. The molecule has 0 bridgehead atoms. The van der Waals surface area contributed by atoms with Gasteiger partial charge in [-0.3, -0.25) is 4.79 Å². The van der Waals surface area contributed by atoms with E-state index in [0.717, 1.165) is 16.3 Å². The van der Waals surface area contributed by atoms with E-state index >= 15 is 0 Å². The molecule has 0 unspecified atom stereocenters. The normalized spacial score (nSPS) is 11.4. The maximum atomic E-state index is 12.3. The van der Waals surface area contributed by atoms with Gasteiger partial charge in [-0.1, -0.05) is 54.1 Å². The summed E-state index contributed by atoms with van der Waals surface area (Å²) in [5, 5.41) is 15.8. The molecule has 6 heteroatoms. The standard InChI is InChI=1S/C22H16ClN3O2/c1-28-21-11-8-16-4-2-3-5-19(16)20(21)14-25-26-22(27)17(13-24)12-15-6-9-18(23)10-7-15/h2-12,14H,1H3,(H,26,27)/b17-12-,25-14+. The molecule has 0 spiro atoms. The summed E-state index contributed by atoms with van der Waals surface area (Å²) in [6.45, 7) is 0. The fourth-order valence-electron chi connectivity index (χ4n) is 2.68. The Morgan fingerprint density at radius 2 is 1.89 bits per heavy atom. The molecule has 28 heavy (non-hydrogen) atoms. The first-order valence-corrected chi connectivity index (χ1v) is 8.76. The largest absolute Gasteiger partial charge is 0.496 e. The Bertz CT molecular complexity index is 1110. The van der Waals surface area contributed by atoms with Gasteiger partial charge in [0.05, 0.1) is 13.3 Å². The van der Waals surface area contributed by atoms with Crippen LogP contribution in [0.5, 0.6) is 5.75 Å². The van der Waals surface area contributed by atoms with Gasteiger partial charge in [-0.2, -0.15) is 10.4 Å². The number of fused-ring (bicyclic) bond motifs is 1. The van der Waals surface area contributed by atoms with Crippen LogP contribution in [0.3, 0.4) is 0 Å². The van der Waals surface area contributed by atoms with Crippen LogP contribution in [0, 0.1) is 11.3 Å². The second-order valence-electron chi connectivity index (χ2n) is 5.82. The van der Waals surface area contributed by atoms with Crippen LogP contribution in [0.15, 0.2) is 71.3 Å². The van der Waals surface area contributed by atoms with Gasteiger partial charge in [0.2, 0.25) is 0 Å². The number of nitrogens with one attached hydrogen (secondary N) is 1. The molecule has 1 N–H and O–H groups in total. The summed E-state index contributed by atoms with van der Waals surface area (Å²) in [7, 11) is 1.57. The average Bonchev–Trinajstić information content (AvgIpc) is 2.73. The van der Waals surface area contributed by atoms with Crippen LogP contribution in [0.1, 0.15) is 11.1 Å². The van der Waals surface area contributed by atoms with Gasteiger partial charge in [-0.05, 0) is 40.6 Å². The summed E-state index contributed by atoms with van der Waals surface area (Å²) < 4.78 is 5.39. The molecular formula is C22H16ClN3O2. The van der Waals surface area contributed by atoms with Gasteiger partial charge in [0.15, 0.2) is 0 Å². The first-order valence-electron chi connectivity index (χ1n) is 8.39. The Morgan fingerprint density at radius 1 is 1.14 bits per heavy atom. The average molecular weight is 390 g/mol. The third kappa shape index (κ3) is 4.37. The first kappa shape index (κ1) is 19.2. The lowest BCUT2D eigenvalue weighted by molar-refractivity contribution is -0.117. The van der Waals surface area contributed by atoms with Crippen molar-refractivity contribution in [2.24, 2.45) is 5.10 Å². The van der Waals surface area contributed by atoms with Crippen molar-refractivity contribution < 1.29 is 9.53 Å². The highest BCUT2D eigenvalue weighted by molar-refractivity contribution is 6.30. The van der Waals surface area contributed by atoms with Crippen molar-refractivity contribution in [1.29, 1.82) is 5.26 Å². The van der Waals surface area contributed by atoms with Gasteiger partial charge in [-0.15, -0.1) is 0 Å². The number of rotatable bonds is 5. The number of methoxy groups -OCH3 is 1. The van der Waals surface area contributed by atoms with E-state index in [9.17, 15) is 10.1 Å². The fourth-order valence-corrected chi connectivity index (χ4v) is 2.80. The van der Waals surface area contributed by atoms with Gasteiger partial charge >= 0.3 is 0 Å². The molecule has 0 aliphatic rings. The number of nitrogens with zero attached hydrogens (tertiary/aromatic N) is 2. The molecule has 0 heterocycles. The second kappa shape index (κ2) is 8.85. The SMILES string of the molecule is COc1ccc2ccccc2c1/C=N/NC(=O)/C(C#N)=C\c1ccc(Cl)cc1. The molecule has 5 nitrogen and oxygen atoms in total. The molecule has 3 rings (SSSR count). The summed E-state index contributed by atoms with van der Waals surface area (Å²) in [5.41, 5.74) is 3.75. The number of nitriles is 1. The van der Waals surface area contributed by atoms with E-state index < -0.39 is 5.91 Å². The van der Waals surface area contributed by atoms with Crippen LogP contribution >= 0.6 is 11.6 Å². The van der Waals surface area contributed by atoms with Gasteiger partial charge in [0.25, 0.3) is 5.91 Å². The number of carbonyl (C=O) groups is 1. The summed E-state index contributed by atoms with van der Waals surface area (Å²) in [5.74, 6) is 0.0295. The Morgan fingerprint density at radius 3 is 2.61 bits per heavy atom. The Labute approximate surface area is 167 Å². The number of amides is 1. The van der Waals surface area contributed by atoms with Crippen molar-refractivity contribution in [3.63, 3.8) is 0 Å². The Hall–Kier alpha value is -3.62. The number of carbonyl (C=O) groups excluding carboxylic acids is 1. The smallest absolute Gasteiger partial charge is 0.282 e. The van der Waals surface area contributed by atoms with Crippen molar-refractivity contribution in [3.8, 4) is 11.8 Å². The lowest BCUT2D eigenvalue weighted by atomic mass is 10.0. The van der Waals surface area contributed by atoms with Crippen LogP contribution in [0.2, 0.25) is 5.02 Å². The molecule has 0 aromatic heterocycles. The van der Waals surface area contributed by atoms with E-state index in [1.165, 1.54) is 12.3 Å². The predicted octanol–water partition coefficient (Wildman–Crippen LogP) is 4.56. The van der Waals surface area contributed by atoms with E-state index in [4.69, 9.17) is 16.3 Å². The van der Waals surface area contributed by atoms with Crippen LogP contribution in [0.25, 0.3) is 16.8 Å². The molecule has 0 aliphatic heterocycles. The van der Waals surface area contributed by atoms with Crippen molar-refractivity contribution in [2.75, 3.05) is 7.11 Å². The van der Waals surface area contributed by atoms with Gasteiger partial charge < -0.3 is 4.74 Å². The maximum Gasteiger partial charge on any atom is 0.282 e. The molecule has 1 amide bonds. The van der Waals surface area contributed by atoms with Gasteiger partial charge in [0, 0.05) is 10.6 Å². The van der Waals surface area contributed by atoms with Crippen LogP contribution in [0.4, 0.5) is 0 Å². The molecule has 0 saturated heterocycles. The van der Waals surface area contributed by atoms with Gasteiger partial charge in [0.1, 0.15) is 17.4 Å². The van der Waals surface area contributed by atoms with E-state index in [1.807, 2.05) is 42.5 Å². The number of hydrogen-bond acceptors (Lipinski definition) is 4. The van der Waals surface area contributed by atoms with Crippen molar-refractivity contribution in [2.45, 2.75) is 0 Å². The molecule has 0 fully saturated rings. The zero-order valence-corrected chi connectivity index (χ0v) is 15.8. The van der Waals surface area contributed by atoms with Crippen LogP contribution in [-0.2, 0) is 4.79 Å². The summed E-state index contributed by atoms with van der Waals surface area (Å²) >= 11 is 5.84. The number of hydrogen-bond donors (Lipinski definition) is 1. The topological polar surface area (TPSA) is 74.5 Å². The van der Waals surface area contributed by atoms with Crippen molar-refractivity contribution in [1.82, 2.24) is 5.43 Å². The highest BCUT2D eigenvalue weighted by atomic mass is 35.5. The number of halogens is 1. The van der Waals surface area contributed by atoms with Gasteiger partial charge in [-0.25, -0.2) is 5.43 Å². The zero-order valence-electron chi connectivity index (χ0n) is 15.0. The molecule has 138 valence electrons. The monoisotopic (exact) mass is 389 g/mol. The Kier molecular flexibility index (Phi) is 6.05. The molecule has 0 aliphatic carbocycles. The summed E-state index contributed by atoms with van der Waals surface area (Å²) in [4.78, 5) is 12.3. The number of hydrazone groups is 1. The summed E-state index contributed by atoms with van der Waals surface area (Å²) in [6.07, 6.45) is 2.98. The maximum absolute atomic E-state index is 12.3. The van der Waals surface area contributed by atoms with Crippen LogP contribution < -0.4 is 10.2 Å². The Balaban J connectivity index is 1.82. The highest BCUT2D eigenvalue weighted by Crippen LogP contribution is 2.26. The minimum absolute atomic E-state index is 0.0654. The van der Waals surface area contributed by atoms with E-state index in [-0.39, 0.29) is 5.57 Å². The second-order valence-corrected chi connectivity index (χ2v) is 6.26. The third-order valence-corrected chi connectivity index (χ3v) is 4.31. The minimum atomic E-state index is -0.604. The van der Waals surface area contributed by atoms with E-state index in [1.54, 1.807) is 31.4 Å².